The van der Waals surface area contributed by atoms with E-state index < -0.39 is 5.97 Å². The van der Waals surface area contributed by atoms with Gasteiger partial charge in [0.25, 0.3) is 0 Å². The lowest BCUT2D eigenvalue weighted by atomic mass is 10.0. The predicted octanol–water partition coefficient (Wildman–Crippen LogP) is 2.04. The van der Waals surface area contributed by atoms with Crippen LogP contribution in [0.1, 0.15) is 38.9 Å². The Kier molecular flexibility index (Phi) is 3.33. The number of nitrogens with zero attached hydrogens (tertiary/aromatic N) is 2. The van der Waals surface area contributed by atoms with Crippen LogP contribution in [0.15, 0.2) is 24.3 Å². The smallest absolute Gasteiger partial charge is 0.343 e. The van der Waals surface area contributed by atoms with Gasteiger partial charge in [0.15, 0.2) is 0 Å². The van der Waals surface area contributed by atoms with Crippen molar-refractivity contribution < 1.29 is 9.53 Å². The number of fused-ring (bicyclic) bond motifs is 1. The van der Waals surface area contributed by atoms with Crippen LogP contribution in [0.5, 0.6) is 0 Å². The van der Waals surface area contributed by atoms with Gasteiger partial charge in [0.2, 0.25) is 0 Å². The van der Waals surface area contributed by atoms with E-state index in [0.717, 1.165) is 12.8 Å². The number of ether oxygens (including phenoxy) is 1. The number of anilines is 1. The van der Waals surface area contributed by atoms with Crippen molar-refractivity contribution in [3.05, 3.63) is 52.5 Å². The van der Waals surface area contributed by atoms with Crippen LogP contribution >= 0.6 is 0 Å². The van der Waals surface area contributed by atoms with Gasteiger partial charge in [-0.3, -0.25) is 0 Å². The van der Waals surface area contributed by atoms with Gasteiger partial charge in [-0.1, -0.05) is 24.3 Å². The molecule has 0 saturated heterocycles. The molecule has 21 heavy (non-hydrogen) atoms. The van der Waals surface area contributed by atoms with E-state index in [4.69, 9.17) is 10.5 Å². The second-order valence-corrected chi connectivity index (χ2v) is 5.29. The lowest BCUT2D eigenvalue weighted by molar-refractivity contribution is 0.0600. The molecule has 1 aromatic carbocycles. The second kappa shape index (κ2) is 5.16. The topological polar surface area (TPSA) is 78.1 Å². The van der Waals surface area contributed by atoms with E-state index in [1.54, 1.807) is 6.92 Å². The van der Waals surface area contributed by atoms with Gasteiger partial charge >= 0.3 is 5.97 Å². The van der Waals surface area contributed by atoms with Crippen molar-refractivity contribution in [2.45, 2.75) is 25.7 Å². The maximum atomic E-state index is 11.7. The standard InChI is InChI=1S/C16H17N3O2/c1-9-13(16(20)21-2)14(17)19-15(18-9)12-7-10-5-3-4-6-11(10)8-12/h3-6,12H,7-8H2,1-2H3,(H2,17,18,19). The summed E-state index contributed by atoms with van der Waals surface area (Å²) in [5.74, 6) is 0.621. The number of esters is 1. The molecule has 1 aliphatic rings. The fourth-order valence-electron chi connectivity index (χ4n) is 2.90. The zero-order chi connectivity index (χ0) is 15.0. The summed E-state index contributed by atoms with van der Waals surface area (Å²) in [4.78, 5) is 20.5. The zero-order valence-corrected chi connectivity index (χ0v) is 12.1. The van der Waals surface area contributed by atoms with Crippen molar-refractivity contribution in [2.75, 3.05) is 12.8 Å². The molecule has 0 radical (unpaired) electrons. The molecule has 0 saturated carbocycles. The van der Waals surface area contributed by atoms with Gasteiger partial charge < -0.3 is 10.5 Å². The molecule has 108 valence electrons. The quantitative estimate of drug-likeness (QED) is 0.853. The Morgan fingerprint density at radius 2 is 1.86 bits per heavy atom. The average molecular weight is 283 g/mol. The number of methoxy groups -OCH3 is 1. The molecule has 2 N–H and O–H groups in total. The summed E-state index contributed by atoms with van der Waals surface area (Å²) in [5, 5.41) is 0. The number of benzene rings is 1. The molecule has 5 heteroatoms. The third kappa shape index (κ3) is 2.35. The van der Waals surface area contributed by atoms with Crippen molar-refractivity contribution in [1.29, 1.82) is 0 Å². The Bertz CT molecular complexity index is 664. The van der Waals surface area contributed by atoms with Crippen LogP contribution in [0.3, 0.4) is 0 Å². The maximum absolute atomic E-state index is 11.7. The first-order valence-electron chi connectivity index (χ1n) is 6.89. The fourth-order valence-corrected chi connectivity index (χ4v) is 2.90. The summed E-state index contributed by atoms with van der Waals surface area (Å²) in [6.45, 7) is 1.76. The number of aryl methyl sites for hydroxylation is 1. The molecule has 2 aromatic rings. The summed E-state index contributed by atoms with van der Waals surface area (Å²) in [7, 11) is 1.32. The molecule has 1 aliphatic carbocycles. The number of nitrogens with two attached hydrogens (primary N) is 1. The van der Waals surface area contributed by atoms with Crippen LogP contribution in [-0.2, 0) is 17.6 Å². The number of carbonyl (C=O) groups is 1. The number of rotatable bonds is 2. The van der Waals surface area contributed by atoms with E-state index in [9.17, 15) is 4.79 Å². The lowest BCUT2D eigenvalue weighted by Crippen LogP contribution is -2.15. The zero-order valence-electron chi connectivity index (χ0n) is 12.1. The summed E-state index contributed by atoms with van der Waals surface area (Å²) < 4.78 is 4.72. The first kappa shape index (κ1) is 13.5. The highest BCUT2D eigenvalue weighted by atomic mass is 16.5. The van der Waals surface area contributed by atoms with Crippen molar-refractivity contribution in [3.8, 4) is 0 Å². The minimum Gasteiger partial charge on any atom is -0.465 e. The first-order chi connectivity index (χ1) is 10.1. The predicted molar refractivity (Wildman–Crippen MR) is 79.1 cm³/mol. The van der Waals surface area contributed by atoms with Crippen molar-refractivity contribution >= 4 is 11.8 Å². The molecule has 0 atom stereocenters. The number of aromatic nitrogens is 2. The van der Waals surface area contributed by atoms with Crippen LogP contribution in [0.4, 0.5) is 5.82 Å². The summed E-state index contributed by atoms with van der Waals surface area (Å²) >= 11 is 0. The Morgan fingerprint density at radius 1 is 1.24 bits per heavy atom. The number of nitrogen functional groups attached to an aromatic ring is 1. The highest BCUT2D eigenvalue weighted by Crippen LogP contribution is 2.33. The molecule has 0 fully saturated rings. The summed E-state index contributed by atoms with van der Waals surface area (Å²) in [6.07, 6.45) is 1.82. The molecule has 0 spiro atoms. The summed E-state index contributed by atoms with van der Waals surface area (Å²) in [5.41, 5.74) is 9.42. The van der Waals surface area contributed by atoms with E-state index in [2.05, 4.69) is 22.1 Å². The van der Waals surface area contributed by atoms with E-state index in [-0.39, 0.29) is 17.3 Å². The molecule has 1 aromatic heterocycles. The Labute approximate surface area is 123 Å². The van der Waals surface area contributed by atoms with Gasteiger partial charge in [0.1, 0.15) is 17.2 Å². The minimum atomic E-state index is -0.494. The molecular formula is C16H17N3O2. The molecule has 3 rings (SSSR count). The van der Waals surface area contributed by atoms with Crippen molar-refractivity contribution in [2.24, 2.45) is 0 Å². The molecule has 0 aliphatic heterocycles. The Morgan fingerprint density at radius 3 is 2.38 bits per heavy atom. The molecule has 0 bridgehead atoms. The van der Waals surface area contributed by atoms with Crippen molar-refractivity contribution in [1.82, 2.24) is 9.97 Å². The maximum Gasteiger partial charge on any atom is 0.343 e. The van der Waals surface area contributed by atoms with E-state index in [1.165, 1.54) is 18.2 Å². The van der Waals surface area contributed by atoms with E-state index in [0.29, 0.717) is 11.5 Å². The van der Waals surface area contributed by atoms with Crippen LogP contribution in [0, 0.1) is 6.92 Å². The minimum absolute atomic E-state index is 0.195. The second-order valence-electron chi connectivity index (χ2n) is 5.29. The Hall–Kier alpha value is -2.43. The number of hydrogen-bond acceptors (Lipinski definition) is 5. The third-order valence-corrected chi connectivity index (χ3v) is 3.94. The van der Waals surface area contributed by atoms with Crippen LogP contribution in [-0.4, -0.2) is 23.0 Å². The third-order valence-electron chi connectivity index (χ3n) is 3.94. The highest BCUT2D eigenvalue weighted by Gasteiger charge is 2.27. The summed E-state index contributed by atoms with van der Waals surface area (Å²) in [6, 6.07) is 8.35. The van der Waals surface area contributed by atoms with Gasteiger partial charge in [-0.15, -0.1) is 0 Å². The average Bonchev–Trinajstić information content (AvgIpc) is 2.90. The van der Waals surface area contributed by atoms with Crippen LogP contribution in [0.2, 0.25) is 0 Å². The number of carbonyl (C=O) groups excluding carboxylic acids is 1. The van der Waals surface area contributed by atoms with Crippen LogP contribution in [0.25, 0.3) is 0 Å². The molecule has 5 nitrogen and oxygen atoms in total. The fraction of sp³-hybridized carbons (Fsp3) is 0.312. The van der Waals surface area contributed by atoms with Gasteiger partial charge in [-0.2, -0.15) is 0 Å². The van der Waals surface area contributed by atoms with E-state index >= 15 is 0 Å². The molecule has 1 heterocycles. The van der Waals surface area contributed by atoms with Crippen LogP contribution < -0.4 is 5.73 Å². The van der Waals surface area contributed by atoms with Crippen molar-refractivity contribution in [3.63, 3.8) is 0 Å². The molecule has 0 amide bonds. The van der Waals surface area contributed by atoms with E-state index in [1.807, 2.05) is 12.1 Å². The normalized spacial score (nSPS) is 14.0. The lowest BCUT2D eigenvalue weighted by Gasteiger charge is -2.12. The SMILES string of the molecule is COC(=O)c1c(C)nc(C2Cc3ccccc3C2)nc1N. The highest BCUT2D eigenvalue weighted by molar-refractivity contribution is 5.95. The van der Waals surface area contributed by atoms with Gasteiger partial charge in [-0.05, 0) is 30.9 Å². The molecular weight excluding hydrogens is 266 g/mol. The monoisotopic (exact) mass is 283 g/mol. The van der Waals surface area contributed by atoms with Gasteiger partial charge in [0, 0.05) is 5.92 Å². The number of hydrogen-bond donors (Lipinski definition) is 1. The first-order valence-corrected chi connectivity index (χ1v) is 6.89. The Balaban J connectivity index is 1.94. The van der Waals surface area contributed by atoms with Gasteiger partial charge in [0.05, 0.1) is 12.8 Å². The largest absolute Gasteiger partial charge is 0.465 e. The van der Waals surface area contributed by atoms with Gasteiger partial charge in [-0.25, -0.2) is 14.8 Å². The molecule has 0 unspecified atom stereocenters.